The van der Waals surface area contributed by atoms with Gasteiger partial charge in [-0.25, -0.2) is 0 Å². The van der Waals surface area contributed by atoms with E-state index in [2.05, 4.69) is 60.3 Å². The topological polar surface area (TPSA) is 35.6 Å². The first kappa shape index (κ1) is 19.8. The third kappa shape index (κ3) is 6.35. The molecule has 4 nitrogen and oxygen atoms in total. The number of amides is 1. The van der Waals surface area contributed by atoms with Gasteiger partial charge < -0.3 is 10.2 Å². The van der Waals surface area contributed by atoms with Crippen LogP contribution in [0.5, 0.6) is 0 Å². The summed E-state index contributed by atoms with van der Waals surface area (Å²) in [4.78, 5) is 16.2. The van der Waals surface area contributed by atoms with Gasteiger partial charge in [0.2, 0.25) is 5.91 Å². The Kier molecular flexibility index (Phi) is 7.76. The number of anilines is 1. The molecule has 0 unspecified atom stereocenters. The molecule has 1 aliphatic heterocycles. The van der Waals surface area contributed by atoms with E-state index in [-0.39, 0.29) is 11.8 Å². The van der Waals surface area contributed by atoms with E-state index in [4.69, 9.17) is 0 Å². The molecule has 1 aliphatic rings. The Morgan fingerprint density at radius 2 is 1.88 bits per heavy atom. The third-order valence-electron chi connectivity index (χ3n) is 5.13. The van der Waals surface area contributed by atoms with Gasteiger partial charge in [-0.2, -0.15) is 0 Å². The fraction of sp³-hybridized carbons (Fsp3) is 0.667. The fourth-order valence-corrected chi connectivity index (χ4v) is 3.39. The number of hydrogen-bond acceptors (Lipinski definition) is 3. The van der Waals surface area contributed by atoms with Gasteiger partial charge in [-0.15, -0.1) is 0 Å². The molecule has 0 atom stereocenters. The minimum Gasteiger partial charge on any atom is -0.375 e. The summed E-state index contributed by atoms with van der Waals surface area (Å²) in [6.45, 7) is 8.40. The molecule has 1 aromatic rings. The summed E-state index contributed by atoms with van der Waals surface area (Å²) in [5.74, 6) is 1.16. The SMILES string of the molecule is CNC(=O)C1CN(Cc2ccc(N(C)CCCCCC(C)C)cc2)C1. The number of nitrogens with zero attached hydrogens (tertiary/aromatic N) is 2. The Bertz CT molecular complexity index is 520. The highest BCUT2D eigenvalue weighted by atomic mass is 16.1. The average molecular weight is 346 g/mol. The molecule has 0 aliphatic carbocycles. The number of benzene rings is 1. The summed E-state index contributed by atoms with van der Waals surface area (Å²) < 4.78 is 0. The molecule has 140 valence electrons. The van der Waals surface area contributed by atoms with Crippen molar-refractivity contribution >= 4 is 11.6 Å². The second kappa shape index (κ2) is 9.81. The Balaban J connectivity index is 1.68. The lowest BCUT2D eigenvalue weighted by atomic mass is 9.98. The summed E-state index contributed by atoms with van der Waals surface area (Å²) >= 11 is 0. The zero-order valence-corrected chi connectivity index (χ0v) is 16.4. The van der Waals surface area contributed by atoms with Gasteiger partial charge in [-0.05, 0) is 30.0 Å². The van der Waals surface area contributed by atoms with Gasteiger partial charge in [-0.1, -0.05) is 45.2 Å². The zero-order valence-electron chi connectivity index (χ0n) is 16.4. The molecule has 0 bridgehead atoms. The van der Waals surface area contributed by atoms with Crippen molar-refractivity contribution in [1.82, 2.24) is 10.2 Å². The summed E-state index contributed by atoms with van der Waals surface area (Å²) in [5.41, 5.74) is 2.61. The van der Waals surface area contributed by atoms with E-state index in [9.17, 15) is 4.79 Å². The maximum Gasteiger partial charge on any atom is 0.225 e. The second-order valence-electron chi connectivity index (χ2n) is 7.84. The Morgan fingerprint density at radius 1 is 1.20 bits per heavy atom. The van der Waals surface area contributed by atoms with Crippen molar-refractivity contribution in [3.8, 4) is 0 Å². The molecule has 25 heavy (non-hydrogen) atoms. The standard InChI is InChI=1S/C21H35N3O/c1-17(2)8-6-5-7-13-23(4)20-11-9-18(10-12-20)14-24-15-19(16-24)21(25)22-3/h9-12,17,19H,5-8,13-16H2,1-4H3,(H,22,25). The van der Waals surface area contributed by atoms with Crippen LogP contribution in [0.4, 0.5) is 5.69 Å². The van der Waals surface area contributed by atoms with Crippen LogP contribution in [0.1, 0.15) is 45.1 Å². The minimum atomic E-state index is 0.168. The highest BCUT2D eigenvalue weighted by molar-refractivity contribution is 5.79. The van der Waals surface area contributed by atoms with Crippen LogP contribution < -0.4 is 10.2 Å². The number of carbonyl (C=O) groups excluding carboxylic acids is 1. The Hall–Kier alpha value is -1.55. The first-order valence-electron chi connectivity index (χ1n) is 9.73. The molecule has 0 saturated carbocycles. The number of rotatable bonds is 10. The molecule has 0 spiro atoms. The number of carbonyl (C=O) groups is 1. The van der Waals surface area contributed by atoms with Crippen LogP contribution in [0, 0.1) is 11.8 Å². The first-order chi connectivity index (χ1) is 12.0. The Morgan fingerprint density at radius 3 is 2.48 bits per heavy atom. The van der Waals surface area contributed by atoms with Crippen molar-refractivity contribution in [2.45, 2.75) is 46.1 Å². The number of hydrogen-bond donors (Lipinski definition) is 1. The lowest BCUT2D eigenvalue weighted by molar-refractivity contribution is -0.129. The summed E-state index contributed by atoms with van der Waals surface area (Å²) in [6.07, 6.45) is 5.27. The van der Waals surface area contributed by atoms with Gasteiger partial charge in [0, 0.05) is 46.0 Å². The predicted octanol–water partition coefficient (Wildman–Crippen LogP) is 3.52. The third-order valence-corrected chi connectivity index (χ3v) is 5.13. The molecule has 1 saturated heterocycles. The highest BCUT2D eigenvalue weighted by Gasteiger charge is 2.31. The molecule has 0 aromatic heterocycles. The lowest BCUT2D eigenvalue weighted by Gasteiger charge is -2.38. The van der Waals surface area contributed by atoms with Crippen molar-refractivity contribution in [2.24, 2.45) is 11.8 Å². The molecule has 0 radical (unpaired) electrons. The van der Waals surface area contributed by atoms with Gasteiger partial charge in [0.1, 0.15) is 0 Å². The molecule has 1 aromatic carbocycles. The summed E-state index contributed by atoms with van der Waals surface area (Å²) in [6, 6.07) is 8.88. The molecule has 1 heterocycles. The number of nitrogens with one attached hydrogen (secondary N) is 1. The molecule has 4 heteroatoms. The molecule has 1 fully saturated rings. The van der Waals surface area contributed by atoms with Crippen LogP contribution in [-0.2, 0) is 11.3 Å². The summed E-state index contributed by atoms with van der Waals surface area (Å²) in [7, 11) is 3.89. The van der Waals surface area contributed by atoms with Crippen LogP contribution in [0.3, 0.4) is 0 Å². The molecule has 2 rings (SSSR count). The van der Waals surface area contributed by atoms with Crippen molar-refractivity contribution in [2.75, 3.05) is 38.6 Å². The lowest BCUT2D eigenvalue weighted by Crippen LogP contribution is -2.52. The largest absolute Gasteiger partial charge is 0.375 e. The van der Waals surface area contributed by atoms with Crippen LogP contribution in [0.25, 0.3) is 0 Å². The van der Waals surface area contributed by atoms with E-state index in [1.54, 1.807) is 7.05 Å². The van der Waals surface area contributed by atoms with Crippen LogP contribution in [-0.4, -0.2) is 44.5 Å². The number of unbranched alkanes of at least 4 members (excludes halogenated alkanes) is 2. The van der Waals surface area contributed by atoms with E-state index < -0.39 is 0 Å². The maximum absolute atomic E-state index is 11.5. The molecular weight excluding hydrogens is 310 g/mol. The quantitative estimate of drug-likeness (QED) is 0.659. The Labute approximate surface area is 153 Å². The van der Waals surface area contributed by atoms with E-state index in [1.165, 1.54) is 36.9 Å². The van der Waals surface area contributed by atoms with E-state index in [0.29, 0.717) is 0 Å². The number of likely N-dealkylation sites (tertiary alicyclic amines) is 1. The van der Waals surface area contributed by atoms with E-state index in [1.807, 2.05) is 0 Å². The van der Waals surface area contributed by atoms with Gasteiger partial charge in [0.15, 0.2) is 0 Å². The van der Waals surface area contributed by atoms with Gasteiger partial charge in [0.25, 0.3) is 0 Å². The normalized spacial score (nSPS) is 15.2. The van der Waals surface area contributed by atoms with Gasteiger partial charge in [-0.3, -0.25) is 9.69 Å². The van der Waals surface area contributed by atoms with Crippen LogP contribution >= 0.6 is 0 Å². The highest BCUT2D eigenvalue weighted by Crippen LogP contribution is 2.21. The summed E-state index contributed by atoms with van der Waals surface area (Å²) in [5, 5.41) is 2.73. The van der Waals surface area contributed by atoms with Crippen molar-refractivity contribution in [3.63, 3.8) is 0 Å². The maximum atomic E-state index is 11.5. The molecule has 1 amide bonds. The van der Waals surface area contributed by atoms with Crippen LogP contribution in [0.15, 0.2) is 24.3 Å². The van der Waals surface area contributed by atoms with E-state index in [0.717, 1.165) is 32.1 Å². The smallest absolute Gasteiger partial charge is 0.225 e. The molecular formula is C21H35N3O. The fourth-order valence-electron chi connectivity index (χ4n) is 3.39. The minimum absolute atomic E-state index is 0.168. The second-order valence-corrected chi connectivity index (χ2v) is 7.84. The van der Waals surface area contributed by atoms with E-state index >= 15 is 0 Å². The van der Waals surface area contributed by atoms with Crippen LogP contribution in [0.2, 0.25) is 0 Å². The average Bonchev–Trinajstić information content (AvgIpc) is 2.56. The molecule has 1 N–H and O–H groups in total. The zero-order chi connectivity index (χ0) is 18.2. The monoisotopic (exact) mass is 345 g/mol. The van der Waals surface area contributed by atoms with Crippen molar-refractivity contribution in [1.29, 1.82) is 0 Å². The van der Waals surface area contributed by atoms with Crippen molar-refractivity contribution in [3.05, 3.63) is 29.8 Å². The predicted molar refractivity (Wildman–Crippen MR) is 106 cm³/mol. The van der Waals surface area contributed by atoms with Crippen molar-refractivity contribution < 1.29 is 4.79 Å². The first-order valence-corrected chi connectivity index (χ1v) is 9.73. The van der Waals surface area contributed by atoms with Gasteiger partial charge in [0.05, 0.1) is 5.92 Å². The van der Waals surface area contributed by atoms with Gasteiger partial charge >= 0.3 is 0 Å².